The quantitative estimate of drug-likeness (QED) is 0.200. The summed E-state index contributed by atoms with van der Waals surface area (Å²) in [5.74, 6) is 0. The first kappa shape index (κ1) is 25.2. The zero-order valence-corrected chi connectivity index (χ0v) is 24.0. The van der Waals surface area contributed by atoms with Crippen LogP contribution in [0.2, 0.25) is 0 Å². The van der Waals surface area contributed by atoms with E-state index in [0.717, 1.165) is 28.1 Å². The number of hydrogen-bond donors (Lipinski definition) is 0. The van der Waals surface area contributed by atoms with Crippen molar-refractivity contribution in [2.24, 2.45) is 0 Å². The van der Waals surface area contributed by atoms with Gasteiger partial charge in [-0.25, -0.2) is 4.98 Å². The molecule has 7 aromatic carbocycles. The van der Waals surface area contributed by atoms with E-state index in [1.165, 1.54) is 54.6 Å². The van der Waals surface area contributed by atoms with Crippen molar-refractivity contribution in [3.05, 3.63) is 163 Å². The van der Waals surface area contributed by atoms with Crippen LogP contribution in [0, 0.1) is 6.92 Å². The SMILES string of the molecule is Cc1ccc(-c2c3ccccc3c(-c3ccc(-c4ccccc4)nc3-c3ccccc3)c3ccccc23)c2ccccc12. The summed E-state index contributed by atoms with van der Waals surface area (Å²) in [6.45, 7) is 2.20. The molecule has 1 nitrogen and oxygen atoms in total. The summed E-state index contributed by atoms with van der Waals surface area (Å²) in [6.07, 6.45) is 0. The summed E-state index contributed by atoms with van der Waals surface area (Å²) in [4.78, 5) is 5.33. The highest BCUT2D eigenvalue weighted by molar-refractivity contribution is 6.24. The molecule has 1 heteroatoms. The van der Waals surface area contributed by atoms with E-state index in [1.54, 1.807) is 0 Å². The summed E-state index contributed by atoms with van der Waals surface area (Å²) in [7, 11) is 0. The molecule has 0 bridgehead atoms. The van der Waals surface area contributed by atoms with E-state index in [0.29, 0.717) is 0 Å². The van der Waals surface area contributed by atoms with Crippen LogP contribution in [0.3, 0.4) is 0 Å². The monoisotopic (exact) mass is 547 g/mol. The summed E-state index contributed by atoms with van der Waals surface area (Å²) < 4.78 is 0. The van der Waals surface area contributed by atoms with Crippen LogP contribution in [-0.2, 0) is 0 Å². The second-order valence-corrected chi connectivity index (χ2v) is 11.1. The molecule has 202 valence electrons. The maximum Gasteiger partial charge on any atom is 0.0788 e. The molecule has 8 aromatic rings. The first-order valence-electron chi connectivity index (χ1n) is 14.8. The highest BCUT2D eigenvalue weighted by Gasteiger charge is 2.21. The van der Waals surface area contributed by atoms with Crippen LogP contribution in [0.15, 0.2) is 158 Å². The van der Waals surface area contributed by atoms with Gasteiger partial charge in [-0.3, -0.25) is 0 Å². The molecular formula is C42H29N. The normalized spacial score (nSPS) is 11.4. The summed E-state index contributed by atoms with van der Waals surface area (Å²) in [6, 6.07) is 56.6. The maximum absolute atomic E-state index is 5.33. The smallest absolute Gasteiger partial charge is 0.0788 e. The van der Waals surface area contributed by atoms with Crippen LogP contribution >= 0.6 is 0 Å². The van der Waals surface area contributed by atoms with E-state index in [2.05, 4.69) is 159 Å². The molecule has 1 aromatic heterocycles. The predicted octanol–water partition coefficient (Wildman–Crippen LogP) is 11.5. The van der Waals surface area contributed by atoms with Gasteiger partial charge in [0.25, 0.3) is 0 Å². The van der Waals surface area contributed by atoms with Crippen molar-refractivity contribution in [1.82, 2.24) is 4.98 Å². The van der Waals surface area contributed by atoms with Crippen LogP contribution in [0.5, 0.6) is 0 Å². The zero-order valence-electron chi connectivity index (χ0n) is 24.0. The van der Waals surface area contributed by atoms with Gasteiger partial charge in [0.2, 0.25) is 0 Å². The van der Waals surface area contributed by atoms with Gasteiger partial charge in [0.1, 0.15) is 0 Å². The van der Waals surface area contributed by atoms with Gasteiger partial charge in [0, 0.05) is 16.7 Å². The first-order valence-corrected chi connectivity index (χ1v) is 14.8. The number of aromatic nitrogens is 1. The van der Waals surface area contributed by atoms with Crippen LogP contribution in [-0.4, -0.2) is 4.98 Å². The van der Waals surface area contributed by atoms with Gasteiger partial charge in [-0.05, 0) is 73.6 Å². The van der Waals surface area contributed by atoms with Gasteiger partial charge in [-0.2, -0.15) is 0 Å². The number of benzene rings is 7. The molecule has 0 saturated carbocycles. The van der Waals surface area contributed by atoms with E-state index in [-0.39, 0.29) is 0 Å². The number of rotatable bonds is 4. The molecule has 0 aliphatic carbocycles. The lowest BCUT2D eigenvalue weighted by Crippen LogP contribution is -1.96. The fraction of sp³-hybridized carbons (Fsp3) is 0.0238. The summed E-state index contributed by atoms with van der Waals surface area (Å²) in [5.41, 5.74) is 10.4. The van der Waals surface area contributed by atoms with Crippen molar-refractivity contribution in [2.45, 2.75) is 6.92 Å². The highest BCUT2D eigenvalue weighted by atomic mass is 14.7. The number of aryl methyl sites for hydroxylation is 1. The lowest BCUT2D eigenvalue weighted by Gasteiger charge is -2.21. The first-order chi connectivity index (χ1) is 21.3. The van der Waals surface area contributed by atoms with Gasteiger partial charge in [-0.15, -0.1) is 0 Å². The van der Waals surface area contributed by atoms with Crippen LogP contribution in [0.1, 0.15) is 5.56 Å². The molecule has 0 fully saturated rings. The van der Waals surface area contributed by atoms with Crippen LogP contribution in [0.4, 0.5) is 0 Å². The molecule has 0 unspecified atom stereocenters. The lowest BCUT2D eigenvalue weighted by molar-refractivity contribution is 1.32. The highest BCUT2D eigenvalue weighted by Crippen LogP contribution is 2.47. The molecule has 0 aliphatic rings. The van der Waals surface area contributed by atoms with Gasteiger partial charge >= 0.3 is 0 Å². The van der Waals surface area contributed by atoms with E-state index in [9.17, 15) is 0 Å². The third kappa shape index (κ3) is 4.21. The third-order valence-electron chi connectivity index (χ3n) is 8.62. The van der Waals surface area contributed by atoms with Gasteiger partial charge in [0.15, 0.2) is 0 Å². The van der Waals surface area contributed by atoms with E-state index in [1.807, 2.05) is 6.07 Å². The maximum atomic E-state index is 5.33. The molecule has 0 amide bonds. The largest absolute Gasteiger partial charge is 0.247 e. The lowest BCUT2D eigenvalue weighted by atomic mass is 9.83. The Morgan fingerprint density at radius 1 is 0.349 bits per heavy atom. The molecule has 43 heavy (non-hydrogen) atoms. The molecule has 0 saturated heterocycles. The number of hydrogen-bond acceptors (Lipinski definition) is 1. The average Bonchev–Trinajstić information content (AvgIpc) is 3.08. The van der Waals surface area contributed by atoms with Gasteiger partial charge in [0.05, 0.1) is 11.4 Å². The second kappa shape index (κ2) is 10.4. The standard InChI is InChI=1S/C42H29N/c1-28-24-25-37(32-19-9-8-18-31(28)32)40-33-20-10-12-22-35(33)41(36-23-13-11-21-34(36)40)38-26-27-39(29-14-4-2-5-15-29)43-42(38)30-16-6-3-7-17-30/h2-27H,1H3. The minimum Gasteiger partial charge on any atom is -0.247 e. The van der Waals surface area contributed by atoms with Crippen LogP contribution < -0.4 is 0 Å². The van der Waals surface area contributed by atoms with Crippen molar-refractivity contribution in [1.29, 1.82) is 0 Å². The van der Waals surface area contributed by atoms with Gasteiger partial charge < -0.3 is 0 Å². The Bertz CT molecular complexity index is 2220. The molecule has 8 rings (SSSR count). The number of nitrogens with zero attached hydrogens (tertiary/aromatic N) is 1. The third-order valence-corrected chi connectivity index (χ3v) is 8.62. The number of fused-ring (bicyclic) bond motifs is 3. The van der Waals surface area contributed by atoms with Crippen LogP contribution in [0.25, 0.3) is 77.1 Å². The molecule has 0 spiro atoms. The fourth-order valence-electron chi connectivity index (χ4n) is 6.62. The van der Waals surface area contributed by atoms with E-state index >= 15 is 0 Å². The molecule has 0 atom stereocenters. The molecule has 0 radical (unpaired) electrons. The molecule has 1 heterocycles. The minimum atomic E-state index is 0.972. The molecule has 0 N–H and O–H groups in total. The fourth-order valence-corrected chi connectivity index (χ4v) is 6.62. The van der Waals surface area contributed by atoms with Crippen molar-refractivity contribution < 1.29 is 0 Å². The molecular weight excluding hydrogens is 518 g/mol. The Morgan fingerprint density at radius 2 is 0.791 bits per heavy atom. The molecule has 0 aliphatic heterocycles. The predicted molar refractivity (Wildman–Crippen MR) is 183 cm³/mol. The Labute approximate surface area is 251 Å². The summed E-state index contributed by atoms with van der Waals surface area (Å²) in [5, 5.41) is 7.53. The topological polar surface area (TPSA) is 12.9 Å². The summed E-state index contributed by atoms with van der Waals surface area (Å²) >= 11 is 0. The minimum absolute atomic E-state index is 0.972. The number of pyridine rings is 1. The van der Waals surface area contributed by atoms with Crippen molar-refractivity contribution in [3.8, 4) is 44.8 Å². The van der Waals surface area contributed by atoms with Crippen molar-refractivity contribution in [2.75, 3.05) is 0 Å². The van der Waals surface area contributed by atoms with Crippen molar-refractivity contribution >= 4 is 32.3 Å². The Balaban J connectivity index is 1.50. The second-order valence-electron chi connectivity index (χ2n) is 11.1. The Kier molecular flexibility index (Phi) is 6.09. The Morgan fingerprint density at radius 3 is 1.37 bits per heavy atom. The zero-order chi connectivity index (χ0) is 28.8. The van der Waals surface area contributed by atoms with E-state index in [4.69, 9.17) is 4.98 Å². The van der Waals surface area contributed by atoms with Crippen molar-refractivity contribution in [3.63, 3.8) is 0 Å². The average molecular weight is 548 g/mol. The van der Waals surface area contributed by atoms with E-state index < -0.39 is 0 Å². The van der Waals surface area contributed by atoms with Gasteiger partial charge in [-0.1, -0.05) is 146 Å². The Hall–Kier alpha value is -5.53.